The number of carbonyl (C=O) groups is 2. The first-order chi connectivity index (χ1) is 12.0. The minimum atomic E-state index is -0.235. The van der Waals surface area contributed by atoms with Crippen LogP contribution in [0.1, 0.15) is 33.4 Å². The van der Waals surface area contributed by atoms with Crippen LogP contribution in [0.25, 0.3) is 0 Å². The molecule has 0 aliphatic carbocycles. The smallest absolute Gasteiger partial charge is 0.265 e. The second-order valence-corrected chi connectivity index (χ2v) is 7.53. The quantitative estimate of drug-likeness (QED) is 0.713. The van der Waals surface area contributed by atoms with Crippen molar-refractivity contribution in [3.63, 3.8) is 0 Å². The largest absolute Gasteiger partial charge is 0.349 e. The van der Waals surface area contributed by atoms with Crippen LogP contribution in [0.2, 0.25) is 5.02 Å². The Morgan fingerprint density at radius 1 is 1.27 bits per heavy atom. The van der Waals surface area contributed by atoms with Crippen molar-refractivity contribution in [2.45, 2.75) is 19.4 Å². The number of hydrogen-bond acceptors (Lipinski definition) is 4. The van der Waals surface area contributed by atoms with Gasteiger partial charge in [0.25, 0.3) is 11.8 Å². The predicted octanol–water partition coefficient (Wildman–Crippen LogP) is 3.80. The van der Waals surface area contributed by atoms with Crippen molar-refractivity contribution in [1.29, 1.82) is 0 Å². The van der Waals surface area contributed by atoms with Gasteiger partial charge in [-0.2, -0.15) is 0 Å². The average Bonchev–Trinajstić information content (AvgIpc) is 3.13. The molecule has 2 aromatic rings. The standard InChI is InChI=1S/C18H20ClN3O2S.ClH/c1-11-10-20-7-6-14(11)21-17(23)12-4-5-13(19)15(9-12)22-18(24)16-3-2-8-25-16;/h2-5,8-9,11,14,20H,6-7,10H2,1H3,(H,21,23)(H,22,24);1H. The number of benzene rings is 1. The van der Waals surface area contributed by atoms with Gasteiger partial charge in [-0.1, -0.05) is 24.6 Å². The molecular formula is C18H21Cl2N3O2S. The van der Waals surface area contributed by atoms with Crippen molar-refractivity contribution in [3.8, 4) is 0 Å². The summed E-state index contributed by atoms with van der Waals surface area (Å²) in [4.78, 5) is 25.3. The van der Waals surface area contributed by atoms with Gasteiger partial charge in [-0.3, -0.25) is 9.59 Å². The van der Waals surface area contributed by atoms with Crippen LogP contribution in [0.5, 0.6) is 0 Å². The third kappa shape index (κ3) is 4.98. The molecule has 0 bridgehead atoms. The number of halogens is 2. The van der Waals surface area contributed by atoms with Gasteiger partial charge in [0.05, 0.1) is 15.6 Å². The molecule has 2 atom stereocenters. The van der Waals surface area contributed by atoms with Crippen LogP contribution in [0.15, 0.2) is 35.7 Å². The highest BCUT2D eigenvalue weighted by Crippen LogP contribution is 2.24. The van der Waals surface area contributed by atoms with Crippen molar-refractivity contribution in [1.82, 2.24) is 10.6 Å². The Balaban J connectivity index is 0.00000243. The Kier molecular flexibility index (Phi) is 7.46. The number of rotatable bonds is 4. The zero-order valence-corrected chi connectivity index (χ0v) is 16.6. The minimum absolute atomic E-state index is 0. The zero-order valence-electron chi connectivity index (χ0n) is 14.3. The molecule has 8 heteroatoms. The highest BCUT2D eigenvalue weighted by atomic mass is 35.5. The molecule has 26 heavy (non-hydrogen) atoms. The average molecular weight is 414 g/mol. The maximum Gasteiger partial charge on any atom is 0.265 e. The van der Waals surface area contributed by atoms with Gasteiger partial charge in [0.1, 0.15) is 0 Å². The number of thiophene rings is 1. The summed E-state index contributed by atoms with van der Waals surface area (Å²) < 4.78 is 0. The Labute approximate surface area is 167 Å². The summed E-state index contributed by atoms with van der Waals surface area (Å²) in [5.74, 6) is -0.00789. The third-order valence-electron chi connectivity index (χ3n) is 4.32. The molecule has 0 spiro atoms. The molecule has 2 amide bonds. The van der Waals surface area contributed by atoms with Crippen LogP contribution in [0.4, 0.5) is 5.69 Å². The van der Waals surface area contributed by atoms with Crippen LogP contribution in [0.3, 0.4) is 0 Å². The lowest BCUT2D eigenvalue weighted by atomic mass is 9.95. The van der Waals surface area contributed by atoms with Crippen LogP contribution >= 0.6 is 35.3 Å². The normalized spacial score (nSPS) is 19.3. The van der Waals surface area contributed by atoms with Gasteiger partial charge in [0.15, 0.2) is 0 Å². The summed E-state index contributed by atoms with van der Waals surface area (Å²) in [6.45, 7) is 3.91. The predicted molar refractivity (Wildman–Crippen MR) is 109 cm³/mol. The van der Waals surface area contributed by atoms with E-state index >= 15 is 0 Å². The van der Waals surface area contributed by atoms with E-state index < -0.39 is 0 Å². The summed E-state index contributed by atoms with van der Waals surface area (Å²) in [5.41, 5.74) is 0.919. The first-order valence-corrected chi connectivity index (χ1v) is 9.46. The van der Waals surface area contributed by atoms with E-state index in [1.165, 1.54) is 11.3 Å². The number of piperidine rings is 1. The van der Waals surface area contributed by atoms with Gasteiger partial charge in [0.2, 0.25) is 0 Å². The Bertz CT molecular complexity index is 768. The Morgan fingerprint density at radius 2 is 2.08 bits per heavy atom. The number of amides is 2. The van der Waals surface area contributed by atoms with Crippen molar-refractivity contribution < 1.29 is 9.59 Å². The molecule has 5 nitrogen and oxygen atoms in total. The minimum Gasteiger partial charge on any atom is -0.349 e. The zero-order chi connectivity index (χ0) is 17.8. The molecular weight excluding hydrogens is 393 g/mol. The second-order valence-electron chi connectivity index (χ2n) is 6.18. The van der Waals surface area contributed by atoms with Crippen LogP contribution in [0, 0.1) is 5.92 Å². The van der Waals surface area contributed by atoms with E-state index in [-0.39, 0.29) is 30.3 Å². The third-order valence-corrected chi connectivity index (χ3v) is 5.52. The van der Waals surface area contributed by atoms with Crippen LogP contribution in [-0.2, 0) is 0 Å². The summed E-state index contributed by atoms with van der Waals surface area (Å²) >= 11 is 7.52. The number of anilines is 1. The Hall–Kier alpha value is -1.60. The Morgan fingerprint density at radius 3 is 2.77 bits per heavy atom. The van der Waals surface area contributed by atoms with Crippen LogP contribution in [-0.4, -0.2) is 30.9 Å². The summed E-state index contributed by atoms with van der Waals surface area (Å²) in [6.07, 6.45) is 0.905. The molecule has 1 aromatic carbocycles. The molecule has 1 aliphatic heterocycles. The van der Waals surface area contributed by atoms with Gasteiger partial charge >= 0.3 is 0 Å². The van der Waals surface area contributed by atoms with E-state index in [2.05, 4.69) is 22.9 Å². The van der Waals surface area contributed by atoms with Gasteiger partial charge < -0.3 is 16.0 Å². The lowest BCUT2D eigenvalue weighted by Crippen LogP contribution is -2.48. The van der Waals surface area contributed by atoms with E-state index in [1.54, 1.807) is 24.3 Å². The van der Waals surface area contributed by atoms with Crippen molar-refractivity contribution in [2.24, 2.45) is 5.92 Å². The first-order valence-electron chi connectivity index (χ1n) is 8.20. The highest BCUT2D eigenvalue weighted by molar-refractivity contribution is 7.12. The fraction of sp³-hybridized carbons (Fsp3) is 0.333. The monoisotopic (exact) mass is 413 g/mol. The lowest BCUT2D eigenvalue weighted by Gasteiger charge is -2.30. The molecule has 1 fully saturated rings. The number of hydrogen-bond donors (Lipinski definition) is 3. The second kappa shape index (κ2) is 9.37. The van der Waals surface area contributed by atoms with E-state index in [4.69, 9.17) is 11.6 Å². The number of carbonyl (C=O) groups excluding carboxylic acids is 2. The van der Waals surface area contributed by atoms with Crippen molar-refractivity contribution in [2.75, 3.05) is 18.4 Å². The molecule has 0 saturated carbocycles. The maximum atomic E-state index is 12.6. The molecule has 2 heterocycles. The first kappa shape index (κ1) is 20.7. The van der Waals surface area contributed by atoms with Crippen molar-refractivity contribution in [3.05, 3.63) is 51.2 Å². The molecule has 0 radical (unpaired) electrons. The molecule has 2 unspecified atom stereocenters. The van der Waals surface area contributed by atoms with Gasteiger partial charge in [0, 0.05) is 11.6 Å². The van der Waals surface area contributed by atoms with Crippen molar-refractivity contribution >= 4 is 52.8 Å². The topological polar surface area (TPSA) is 70.2 Å². The highest BCUT2D eigenvalue weighted by Gasteiger charge is 2.23. The van der Waals surface area contributed by atoms with Gasteiger partial charge in [-0.05, 0) is 55.1 Å². The molecule has 140 valence electrons. The van der Waals surface area contributed by atoms with Gasteiger partial charge in [-0.25, -0.2) is 0 Å². The SMILES string of the molecule is CC1CNCCC1NC(=O)c1ccc(Cl)c(NC(=O)c2cccs2)c1.Cl. The fourth-order valence-electron chi connectivity index (χ4n) is 2.83. The van der Waals surface area contributed by atoms with E-state index in [0.29, 0.717) is 27.1 Å². The maximum absolute atomic E-state index is 12.6. The number of nitrogens with one attached hydrogen (secondary N) is 3. The van der Waals surface area contributed by atoms with Gasteiger partial charge in [-0.15, -0.1) is 23.7 Å². The van der Waals surface area contributed by atoms with E-state index in [9.17, 15) is 9.59 Å². The molecule has 3 rings (SSSR count). The fourth-order valence-corrected chi connectivity index (χ4v) is 3.62. The lowest BCUT2D eigenvalue weighted by molar-refractivity contribution is 0.0913. The van der Waals surface area contributed by atoms with Crippen LogP contribution < -0.4 is 16.0 Å². The molecule has 3 N–H and O–H groups in total. The molecule has 1 aliphatic rings. The molecule has 1 aromatic heterocycles. The molecule has 1 saturated heterocycles. The summed E-state index contributed by atoms with van der Waals surface area (Å²) in [5, 5.41) is 11.4. The van der Waals surface area contributed by atoms with E-state index in [1.807, 2.05) is 11.4 Å². The summed E-state index contributed by atoms with van der Waals surface area (Å²) in [6, 6.07) is 8.62. The summed E-state index contributed by atoms with van der Waals surface area (Å²) in [7, 11) is 0. The van der Waals surface area contributed by atoms with E-state index in [0.717, 1.165) is 19.5 Å².